The van der Waals surface area contributed by atoms with E-state index in [9.17, 15) is 13.6 Å². The summed E-state index contributed by atoms with van der Waals surface area (Å²) in [6.07, 6.45) is 0. The highest BCUT2D eigenvalue weighted by Crippen LogP contribution is 2.36. The fourth-order valence-electron chi connectivity index (χ4n) is 3.62. The monoisotopic (exact) mass is 369 g/mol. The summed E-state index contributed by atoms with van der Waals surface area (Å²) < 4.78 is 34.0. The van der Waals surface area contributed by atoms with E-state index in [1.54, 1.807) is 10.6 Å². The van der Waals surface area contributed by atoms with Crippen molar-refractivity contribution < 1.29 is 13.5 Å². The molecular weight excluding hydrogens is 350 g/mol. The average molecular weight is 369 g/mol. The number of rotatable bonds is 4. The molecule has 0 spiro atoms. The molecule has 27 heavy (non-hydrogen) atoms. The highest BCUT2D eigenvalue weighted by molar-refractivity contribution is 6.39. The summed E-state index contributed by atoms with van der Waals surface area (Å²) in [6.45, 7) is 8.53. The Morgan fingerprint density at radius 2 is 1.78 bits per heavy atom. The van der Waals surface area contributed by atoms with Crippen LogP contribution in [0.4, 0.5) is 14.6 Å². The molecule has 2 aromatic rings. The Balaban J connectivity index is 2.01. The lowest BCUT2D eigenvalue weighted by Gasteiger charge is -2.36. The number of hydrogen-bond donors (Lipinski definition) is 0. The third-order valence-corrected chi connectivity index (χ3v) is 4.51. The largest absolute Gasteiger partial charge is 0.487 e. The smallest absolute Gasteiger partial charge is 0.352 e. The Morgan fingerprint density at radius 3 is 2.33 bits per heavy atom. The molecule has 0 N–H and O–H groups in total. The van der Waals surface area contributed by atoms with E-state index < -0.39 is 22.7 Å². The Kier molecular flexibility index (Phi) is 4.60. The van der Waals surface area contributed by atoms with Gasteiger partial charge in [0.05, 0.1) is 17.5 Å². The summed E-state index contributed by atoms with van der Waals surface area (Å²) in [6, 6.07) is 4.29. The van der Waals surface area contributed by atoms with Crippen LogP contribution in [-0.4, -0.2) is 36.8 Å². The van der Waals surface area contributed by atoms with Gasteiger partial charge in [-0.3, -0.25) is 4.57 Å². The van der Waals surface area contributed by atoms with Crippen LogP contribution in [0, 0.1) is 11.6 Å². The molecular formula is C18H19B2F2N3O2. The Hall–Kier alpha value is -2.31. The van der Waals surface area contributed by atoms with Crippen molar-refractivity contribution in [3.05, 3.63) is 51.9 Å². The van der Waals surface area contributed by atoms with Crippen molar-refractivity contribution in [3.8, 4) is 5.88 Å². The summed E-state index contributed by atoms with van der Waals surface area (Å²) in [7, 11) is 11.8. The van der Waals surface area contributed by atoms with E-state index >= 15 is 0 Å². The first kappa shape index (κ1) is 19.5. The zero-order valence-corrected chi connectivity index (χ0v) is 15.7. The molecule has 0 amide bonds. The molecule has 0 saturated carbocycles. The molecule has 0 atom stereocenters. The van der Waals surface area contributed by atoms with E-state index in [1.165, 1.54) is 0 Å². The van der Waals surface area contributed by atoms with E-state index in [-0.39, 0.29) is 23.0 Å². The molecule has 1 aromatic heterocycles. The highest BCUT2D eigenvalue weighted by Gasteiger charge is 2.39. The normalized spacial score (nSPS) is 15.9. The van der Waals surface area contributed by atoms with Crippen LogP contribution in [0.2, 0.25) is 0 Å². The van der Waals surface area contributed by atoms with Gasteiger partial charge in [0, 0.05) is 18.2 Å². The molecule has 4 radical (unpaired) electrons. The fraction of sp³-hybridized carbons (Fsp3) is 0.444. The van der Waals surface area contributed by atoms with Gasteiger partial charge in [-0.05, 0) is 45.4 Å². The minimum Gasteiger partial charge on any atom is -0.487 e. The van der Waals surface area contributed by atoms with Crippen LogP contribution in [0.25, 0.3) is 0 Å². The second-order valence-corrected chi connectivity index (χ2v) is 7.65. The van der Waals surface area contributed by atoms with Gasteiger partial charge in [0.15, 0.2) is 0 Å². The summed E-state index contributed by atoms with van der Waals surface area (Å²) in [5.74, 6) is -1.19. The topological polar surface area (TPSA) is 47.4 Å². The first-order valence-electron chi connectivity index (χ1n) is 8.55. The lowest BCUT2D eigenvalue weighted by Crippen LogP contribution is -2.45. The lowest BCUT2D eigenvalue weighted by atomic mass is 9.61. The van der Waals surface area contributed by atoms with Crippen LogP contribution in [0.1, 0.15) is 33.3 Å². The average Bonchev–Trinajstić information content (AvgIpc) is 2.76. The summed E-state index contributed by atoms with van der Waals surface area (Å²) >= 11 is 0. The van der Waals surface area contributed by atoms with E-state index in [4.69, 9.17) is 20.4 Å². The predicted molar refractivity (Wildman–Crippen MR) is 100 cm³/mol. The van der Waals surface area contributed by atoms with Crippen molar-refractivity contribution >= 4 is 21.5 Å². The zero-order chi connectivity index (χ0) is 20.1. The van der Waals surface area contributed by atoms with E-state index in [0.717, 1.165) is 12.1 Å². The molecule has 3 rings (SSSR count). The number of ether oxygens (including phenoxy) is 1. The van der Waals surface area contributed by atoms with Crippen LogP contribution in [0.5, 0.6) is 5.88 Å². The molecule has 0 fully saturated rings. The lowest BCUT2D eigenvalue weighted by molar-refractivity contribution is 0.231. The van der Waals surface area contributed by atoms with Gasteiger partial charge in [-0.15, -0.1) is 0 Å². The minimum absolute atomic E-state index is 0.112. The standard InChI is InChI=1S/C18H19B2F2N3O2/c1-10(2)25-15-8-14(23-16(26)24(15)9-17(25,3)4)27-18(19,20)11-5-12(21)7-13(22)6-11/h5-8,10H,9H2,1-4H3. The second kappa shape index (κ2) is 6.39. The number of aromatic nitrogens is 2. The Morgan fingerprint density at radius 1 is 1.19 bits per heavy atom. The summed E-state index contributed by atoms with van der Waals surface area (Å²) in [5, 5.41) is -2.07. The molecule has 138 valence electrons. The maximum atomic E-state index is 13.5. The van der Waals surface area contributed by atoms with Crippen LogP contribution in [-0.2, 0) is 11.9 Å². The molecule has 5 nitrogen and oxygen atoms in total. The third kappa shape index (κ3) is 3.59. The molecule has 0 bridgehead atoms. The van der Waals surface area contributed by atoms with E-state index in [2.05, 4.69) is 9.88 Å². The fourth-order valence-corrected chi connectivity index (χ4v) is 3.62. The molecule has 0 saturated heterocycles. The van der Waals surface area contributed by atoms with E-state index in [0.29, 0.717) is 18.4 Å². The van der Waals surface area contributed by atoms with Gasteiger partial charge in [-0.25, -0.2) is 13.6 Å². The van der Waals surface area contributed by atoms with Crippen LogP contribution < -0.4 is 15.3 Å². The predicted octanol–water partition coefficient (Wildman–Crippen LogP) is 2.05. The number of fused-ring (bicyclic) bond motifs is 1. The minimum atomic E-state index is -2.07. The van der Waals surface area contributed by atoms with Crippen molar-refractivity contribution in [2.75, 3.05) is 4.90 Å². The summed E-state index contributed by atoms with van der Waals surface area (Å²) in [5.41, 5.74) is -0.933. The number of nitrogens with zero attached hydrogens (tertiary/aromatic N) is 3. The number of benzene rings is 1. The van der Waals surface area contributed by atoms with Crippen molar-refractivity contribution in [2.45, 2.75) is 51.2 Å². The Labute approximate surface area is 159 Å². The van der Waals surface area contributed by atoms with Crippen molar-refractivity contribution in [1.82, 2.24) is 9.55 Å². The van der Waals surface area contributed by atoms with Gasteiger partial charge in [-0.1, -0.05) is 0 Å². The van der Waals surface area contributed by atoms with Crippen LogP contribution in [0.3, 0.4) is 0 Å². The number of hydrogen-bond acceptors (Lipinski definition) is 4. The van der Waals surface area contributed by atoms with Crippen molar-refractivity contribution in [2.24, 2.45) is 0 Å². The molecule has 1 aliphatic heterocycles. The zero-order valence-electron chi connectivity index (χ0n) is 15.7. The first-order chi connectivity index (χ1) is 12.4. The van der Waals surface area contributed by atoms with Gasteiger partial charge >= 0.3 is 5.69 Å². The van der Waals surface area contributed by atoms with Crippen molar-refractivity contribution in [1.29, 1.82) is 0 Å². The SMILES string of the molecule is [B]C([B])(Oc1cc2n(c(=O)n1)CC(C)(C)N2C(C)C)c1cc(F)cc(F)c1. The second-order valence-electron chi connectivity index (χ2n) is 7.65. The molecule has 1 aliphatic rings. The van der Waals surface area contributed by atoms with Gasteiger partial charge in [-0.2, -0.15) is 4.98 Å². The molecule has 2 heterocycles. The highest BCUT2D eigenvalue weighted by atomic mass is 19.1. The van der Waals surface area contributed by atoms with Gasteiger partial charge < -0.3 is 9.64 Å². The van der Waals surface area contributed by atoms with Crippen molar-refractivity contribution in [3.63, 3.8) is 0 Å². The quantitative estimate of drug-likeness (QED) is 0.775. The molecule has 1 aromatic carbocycles. The van der Waals surface area contributed by atoms with Gasteiger partial charge in [0.2, 0.25) is 5.88 Å². The van der Waals surface area contributed by atoms with E-state index in [1.807, 2.05) is 27.7 Å². The third-order valence-electron chi connectivity index (χ3n) is 4.51. The van der Waals surface area contributed by atoms with Crippen LogP contribution in [0.15, 0.2) is 29.1 Å². The maximum absolute atomic E-state index is 13.5. The first-order valence-corrected chi connectivity index (χ1v) is 8.55. The molecule has 0 aliphatic carbocycles. The van der Waals surface area contributed by atoms with Gasteiger partial charge in [0.25, 0.3) is 0 Å². The number of halogens is 2. The van der Waals surface area contributed by atoms with Crippen LogP contribution >= 0.6 is 0 Å². The Bertz CT molecular complexity index is 924. The molecule has 0 unspecified atom stereocenters. The number of anilines is 1. The molecule has 9 heteroatoms. The summed E-state index contributed by atoms with van der Waals surface area (Å²) in [4.78, 5) is 18.4. The maximum Gasteiger partial charge on any atom is 0.352 e. The van der Waals surface area contributed by atoms with Gasteiger partial charge in [0.1, 0.15) is 33.1 Å².